The Labute approximate surface area is 91.3 Å². The molecule has 15 heavy (non-hydrogen) atoms. The number of hydrogen-bond acceptors (Lipinski definition) is 2. The summed E-state index contributed by atoms with van der Waals surface area (Å²) in [7, 11) is 0. The molecule has 0 N–H and O–H groups in total. The first-order valence-corrected chi connectivity index (χ1v) is 5.13. The molecule has 0 saturated carbocycles. The van der Waals surface area contributed by atoms with Gasteiger partial charge in [-0.2, -0.15) is 0 Å². The quantitative estimate of drug-likeness (QED) is 0.694. The Morgan fingerprint density at radius 1 is 1.20 bits per heavy atom. The molecule has 0 heterocycles. The molecule has 1 atom stereocenters. The minimum Gasteiger partial charge on any atom is -0.457 e. The van der Waals surface area contributed by atoms with E-state index in [0.29, 0.717) is 0 Å². The highest BCUT2D eigenvalue weighted by atomic mass is 16.5. The van der Waals surface area contributed by atoms with E-state index >= 15 is 0 Å². The number of benzene rings is 1. The van der Waals surface area contributed by atoms with Crippen LogP contribution in [0.5, 0.6) is 0 Å². The van der Waals surface area contributed by atoms with Gasteiger partial charge in [-0.05, 0) is 5.56 Å². The molecule has 0 unspecified atom stereocenters. The van der Waals surface area contributed by atoms with Crippen LogP contribution in [0, 0.1) is 5.41 Å². The fraction of sp³-hybridized carbons (Fsp3) is 0.462. The second-order valence-corrected chi connectivity index (χ2v) is 4.77. The Hall–Kier alpha value is -1.31. The van der Waals surface area contributed by atoms with E-state index in [9.17, 15) is 4.79 Å². The molecule has 0 bridgehead atoms. The summed E-state index contributed by atoms with van der Waals surface area (Å²) >= 11 is 0. The van der Waals surface area contributed by atoms with Crippen molar-refractivity contribution in [3.63, 3.8) is 0 Å². The molecule has 0 aliphatic heterocycles. The lowest BCUT2D eigenvalue weighted by atomic mass is 9.84. The summed E-state index contributed by atoms with van der Waals surface area (Å²) < 4.78 is 5.36. The second kappa shape index (κ2) is 4.47. The Morgan fingerprint density at radius 2 is 1.73 bits per heavy atom. The van der Waals surface area contributed by atoms with E-state index in [0.717, 1.165) is 5.56 Å². The molecule has 0 aromatic heterocycles. The second-order valence-electron chi connectivity index (χ2n) is 4.77. The average Bonchev–Trinajstić information content (AvgIpc) is 2.14. The van der Waals surface area contributed by atoms with Crippen LogP contribution in [0.2, 0.25) is 0 Å². The van der Waals surface area contributed by atoms with Crippen molar-refractivity contribution in [2.24, 2.45) is 5.41 Å². The first kappa shape index (κ1) is 11.8. The lowest BCUT2D eigenvalue weighted by molar-refractivity contribution is -0.152. The Balaban J connectivity index is 2.97. The van der Waals surface area contributed by atoms with Crippen molar-refractivity contribution in [2.45, 2.75) is 33.8 Å². The zero-order valence-electron chi connectivity index (χ0n) is 9.78. The van der Waals surface area contributed by atoms with Crippen LogP contribution in [-0.4, -0.2) is 5.97 Å². The molecule has 0 spiro atoms. The average molecular weight is 206 g/mol. The zero-order chi connectivity index (χ0) is 11.5. The molecular weight excluding hydrogens is 188 g/mol. The third kappa shape index (κ3) is 3.39. The summed E-state index contributed by atoms with van der Waals surface area (Å²) in [5.41, 5.74) is 0.952. The molecule has 1 aromatic carbocycles. The number of rotatable bonds is 2. The molecule has 0 aliphatic rings. The maximum Gasteiger partial charge on any atom is 0.303 e. The number of esters is 1. The summed E-state index contributed by atoms with van der Waals surface area (Å²) in [6, 6.07) is 9.84. The fourth-order valence-electron chi connectivity index (χ4n) is 1.54. The topological polar surface area (TPSA) is 26.3 Å². The van der Waals surface area contributed by atoms with Gasteiger partial charge in [0.05, 0.1) is 0 Å². The van der Waals surface area contributed by atoms with E-state index in [1.807, 2.05) is 30.3 Å². The Kier molecular flexibility index (Phi) is 3.51. The van der Waals surface area contributed by atoms with Gasteiger partial charge < -0.3 is 4.74 Å². The maximum atomic E-state index is 11.1. The minimum atomic E-state index is -0.237. The van der Waals surface area contributed by atoms with Gasteiger partial charge >= 0.3 is 5.97 Å². The molecule has 2 nitrogen and oxygen atoms in total. The van der Waals surface area contributed by atoms with Crippen molar-refractivity contribution in [2.75, 3.05) is 0 Å². The van der Waals surface area contributed by atoms with Crippen molar-refractivity contribution in [1.29, 1.82) is 0 Å². The van der Waals surface area contributed by atoms with Gasteiger partial charge in [-0.25, -0.2) is 0 Å². The fourth-order valence-corrected chi connectivity index (χ4v) is 1.54. The molecule has 2 heteroatoms. The summed E-state index contributed by atoms with van der Waals surface area (Å²) in [6.45, 7) is 7.64. The smallest absolute Gasteiger partial charge is 0.303 e. The number of carbonyl (C=O) groups excluding carboxylic acids is 1. The summed E-state index contributed by atoms with van der Waals surface area (Å²) in [5.74, 6) is -0.237. The third-order valence-corrected chi connectivity index (χ3v) is 2.17. The van der Waals surface area contributed by atoms with Crippen molar-refractivity contribution >= 4 is 5.97 Å². The minimum absolute atomic E-state index is 0.0903. The van der Waals surface area contributed by atoms with E-state index < -0.39 is 0 Å². The largest absolute Gasteiger partial charge is 0.457 e. The Bertz CT molecular complexity index is 322. The van der Waals surface area contributed by atoms with Crippen molar-refractivity contribution in [1.82, 2.24) is 0 Å². The standard InChI is InChI=1S/C13H18O2/c1-10(14)15-12(13(2,3)4)11-8-6-5-7-9-11/h5-9,12H,1-4H3/t12-/m0/s1. The van der Waals surface area contributed by atoms with E-state index in [1.54, 1.807) is 0 Å². The summed E-state index contributed by atoms with van der Waals surface area (Å²) in [4.78, 5) is 11.1. The van der Waals surface area contributed by atoms with E-state index in [-0.39, 0.29) is 17.5 Å². The van der Waals surface area contributed by atoms with Gasteiger partial charge in [0.15, 0.2) is 0 Å². The molecule has 0 radical (unpaired) electrons. The van der Waals surface area contributed by atoms with Crippen LogP contribution in [0.4, 0.5) is 0 Å². The van der Waals surface area contributed by atoms with Gasteiger partial charge in [-0.1, -0.05) is 51.1 Å². The van der Waals surface area contributed by atoms with Gasteiger partial charge in [0.1, 0.15) is 6.10 Å². The number of hydrogen-bond donors (Lipinski definition) is 0. The predicted octanol–water partition coefficient (Wildman–Crippen LogP) is 3.34. The first-order chi connectivity index (χ1) is 6.91. The first-order valence-electron chi connectivity index (χ1n) is 5.13. The highest BCUT2D eigenvalue weighted by molar-refractivity contribution is 5.66. The lowest BCUT2D eigenvalue weighted by Crippen LogP contribution is -2.23. The van der Waals surface area contributed by atoms with Crippen LogP contribution in [0.1, 0.15) is 39.4 Å². The third-order valence-electron chi connectivity index (χ3n) is 2.17. The normalized spacial score (nSPS) is 13.3. The molecular formula is C13H18O2. The van der Waals surface area contributed by atoms with Gasteiger partial charge in [0.2, 0.25) is 0 Å². The highest BCUT2D eigenvalue weighted by Crippen LogP contribution is 2.35. The summed E-state index contributed by atoms with van der Waals surface area (Å²) in [6.07, 6.45) is -0.184. The van der Waals surface area contributed by atoms with Crippen LogP contribution in [0.15, 0.2) is 30.3 Å². The van der Waals surface area contributed by atoms with Gasteiger partial charge in [-0.15, -0.1) is 0 Å². The van der Waals surface area contributed by atoms with Crippen molar-refractivity contribution in [3.8, 4) is 0 Å². The summed E-state index contributed by atoms with van der Waals surface area (Å²) in [5, 5.41) is 0. The molecule has 0 fully saturated rings. The van der Waals surface area contributed by atoms with Crippen LogP contribution >= 0.6 is 0 Å². The lowest BCUT2D eigenvalue weighted by Gasteiger charge is -2.30. The SMILES string of the molecule is CC(=O)O[C@@H](c1ccccc1)C(C)(C)C. The van der Waals surface area contributed by atoms with Crippen LogP contribution < -0.4 is 0 Å². The van der Waals surface area contributed by atoms with Crippen molar-refractivity contribution in [3.05, 3.63) is 35.9 Å². The molecule has 0 saturated heterocycles. The van der Waals surface area contributed by atoms with E-state index in [4.69, 9.17) is 4.74 Å². The van der Waals surface area contributed by atoms with E-state index in [2.05, 4.69) is 20.8 Å². The number of ether oxygens (including phenoxy) is 1. The highest BCUT2D eigenvalue weighted by Gasteiger charge is 2.28. The van der Waals surface area contributed by atoms with Crippen LogP contribution in [0.3, 0.4) is 0 Å². The van der Waals surface area contributed by atoms with Gasteiger partial charge in [-0.3, -0.25) is 4.79 Å². The van der Waals surface area contributed by atoms with Crippen LogP contribution in [-0.2, 0) is 9.53 Å². The Morgan fingerprint density at radius 3 is 2.13 bits per heavy atom. The predicted molar refractivity (Wildman–Crippen MR) is 60.4 cm³/mol. The molecule has 1 aromatic rings. The number of carbonyl (C=O) groups is 1. The van der Waals surface area contributed by atoms with Crippen molar-refractivity contribution < 1.29 is 9.53 Å². The molecule has 82 valence electrons. The molecule has 0 aliphatic carbocycles. The van der Waals surface area contributed by atoms with Gasteiger partial charge in [0, 0.05) is 12.3 Å². The zero-order valence-corrected chi connectivity index (χ0v) is 9.78. The maximum absolute atomic E-state index is 11.1. The molecule has 0 amide bonds. The monoisotopic (exact) mass is 206 g/mol. The van der Waals surface area contributed by atoms with Crippen LogP contribution in [0.25, 0.3) is 0 Å². The van der Waals surface area contributed by atoms with E-state index in [1.165, 1.54) is 6.92 Å². The molecule has 1 rings (SSSR count). The van der Waals surface area contributed by atoms with Gasteiger partial charge in [0.25, 0.3) is 0 Å².